The van der Waals surface area contributed by atoms with Crippen molar-refractivity contribution in [1.29, 1.82) is 0 Å². The molecule has 0 unspecified atom stereocenters. The van der Waals surface area contributed by atoms with E-state index in [4.69, 9.17) is 9.15 Å². The molecule has 1 aromatic rings. The van der Waals surface area contributed by atoms with E-state index < -0.39 is 29.4 Å². The monoisotopic (exact) mass is 277 g/mol. The second-order valence-electron chi connectivity index (χ2n) is 4.48. The van der Waals surface area contributed by atoms with Gasteiger partial charge in [0.2, 0.25) is 5.76 Å². The van der Waals surface area contributed by atoms with Crippen LogP contribution < -0.4 is 0 Å². The number of aromatic nitrogens is 1. The molecule has 0 radical (unpaired) electrons. The molecule has 0 saturated heterocycles. The molecule has 0 amide bonds. The molecule has 0 saturated carbocycles. The fourth-order valence-corrected chi connectivity index (χ4v) is 1.38. The van der Waals surface area contributed by atoms with Crippen LogP contribution in [0.5, 0.6) is 0 Å². The number of methoxy groups -OCH3 is 1. The molecule has 1 aromatic heterocycles. The van der Waals surface area contributed by atoms with Crippen LogP contribution in [-0.2, 0) is 15.9 Å². The molecule has 0 aliphatic carbocycles. The lowest BCUT2D eigenvalue weighted by Crippen LogP contribution is -2.25. The summed E-state index contributed by atoms with van der Waals surface area (Å²) >= 11 is 0. The second kappa shape index (κ2) is 6.10. The summed E-state index contributed by atoms with van der Waals surface area (Å²) < 4.78 is 40.5. The molecule has 0 N–H and O–H groups in total. The number of carbonyl (C=O) groups excluding carboxylic acids is 1. The SMILES string of the molecule is CCOC(=O)c1oc(CC(C)(C)OC)nc1C(F)F. The van der Waals surface area contributed by atoms with Crippen molar-refractivity contribution in [2.24, 2.45) is 0 Å². The third-order valence-electron chi connectivity index (χ3n) is 2.49. The van der Waals surface area contributed by atoms with Crippen LogP contribution >= 0.6 is 0 Å². The highest BCUT2D eigenvalue weighted by Gasteiger charge is 2.30. The van der Waals surface area contributed by atoms with Gasteiger partial charge in [0.15, 0.2) is 11.6 Å². The predicted molar refractivity (Wildman–Crippen MR) is 62.2 cm³/mol. The summed E-state index contributed by atoms with van der Waals surface area (Å²) in [5, 5.41) is 0. The summed E-state index contributed by atoms with van der Waals surface area (Å²) in [6, 6.07) is 0. The van der Waals surface area contributed by atoms with Gasteiger partial charge in [0.25, 0.3) is 6.43 Å². The summed E-state index contributed by atoms with van der Waals surface area (Å²) in [4.78, 5) is 15.1. The number of oxazole rings is 1. The fourth-order valence-electron chi connectivity index (χ4n) is 1.38. The zero-order valence-electron chi connectivity index (χ0n) is 11.3. The number of esters is 1. The number of rotatable bonds is 6. The molecule has 0 spiro atoms. The fraction of sp³-hybridized carbons (Fsp3) is 0.667. The van der Waals surface area contributed by atoms with Crippen molar-refractivity contribution < 1.29 is 27.5 Å². The van der Waals surface area contributed by atoms with Crippen LogP contribution in [0.3, 0.4) is 0 Å². The first-order valence-corrected chi connectivity index (χ1v) is 5.80. The molecule has 0 fully saturated rings. The Hall–Kier alpha value is -1.50. The number of halogens is 2. The van der Waals surface area contributed by atoms with Gasteiger partial charge >= 0.3 is 5.97 Å². The second-order valence-corrected chi connectivity index (χ2v) is 4.48. The molecule has 0 aliphatic heterocycles. The minimum Gasteiger partial charge on any atom is -0.460 e. The maximum atomic E-state index is 12.8. The van der Waals surface area contributed by atoms with Crippen LogP contribution in [0.1, 0.15) is 49.3 Å². The molecule has 1 rings (SSSR count). The number of alkyl halides is 2. The number of hydrogen-bond acceptors (Lipinski definition) is 5. The number of carbonyl (C=O) groups is 1. The van der Waals surface area contributed by atoms with E-state index in [-0.39, 0.29) is 18.9 Å². The first kappa shape index (κ1) is 15.6. The largest absolute Gasteiger partial charge is 0.460 e. The van der Waals surface area contributed by atoms with Crippen molar-refractivity contribution in [3.63, 3.8) is 0 Å². The van der Waals surface area contributed by atoms with Crippen LogP contribution in [-0.4, -0.2) is 30.3 Å². The number of nitrogens with zero attached hydrogens (tertiary/aromatic N) is 1. The van der Waals surface area contributed by atoms with E-state index in [1.807, 2.05) is 0 Å². The molecule has 108 valence electrons. The molecule has 7 heteroatoms. The van der Waals surface area contributed by atoms with Gasteiger partial charge in [-0.2, -0.15) is 0 Å². The Kier molecular flexibility index (Phi) is 4.99. The van der Waals surface area contributed by atoms with Crippen molar-refractivity contribution in [1.82, 2.24) is 4.98 Å². The van der Waals surface area contributed by atoms with Gasteiger partial charge in [0.1, 0.15) is 0 Å². The number of hydrogen-bond donors (Lipinski definition) is 0. The average Bonchev–Trinajstić information content (AvgIpc) is 2.73. The van der Waals surface area contributed by atoms with E-state index in [0.717, 1.165) is 0 Å². The Morgan fingerprint density at radius 2 is 2.11 bits per heavy atom. The minimum atomic E-state index is -2.90. The van der Waals surface area contributed by atoms with Gasteiger partial charge in [-0.3, -0.25) is 0 Å². The Morgan fingerprint density at radius 1 is 1.47 bits per heavy atom. The Balaban J connectivity index is 3.04. The lowest BCUT2D eigenvalue weighted by atomic mass is 10.1. The normalized spacial score (nSPS) is 11.9. The van der Waals surface area contributed by atoms with Crippen molar-refractivity contribution in [2.75, 3.05) is 13.7 Å². The van der Waals surface area contributed by atoms with E-state index in [9.17, 15) is 13.6 Å². The molecule has 19 heavy (non-hydrogen) atoms. The Morgan fingerprint density at radius 3 is 2.58 bits per heavy atom. The summed E-state index contributed by atoms with van der Waals surface area (Å²) in [5.74, 6) is -1.46. The van der Waals surface area contributed by atoms with Crippen molar-refractivity contribution >= 4 is 5.97 Å². The van der Waals surface area contributed by atoms with Gasteiger partial charge in [0.05, 0.1) is 18.6 Å². The summed E-state index contributed by atoms with van der Waals surface area (Å²) in [5.41, 5.74) is -1.32. The van der Waals surface area contributed by atoms with E-state index in [1.54, 1.807) is 20.8 Å². The molecule has 0 aliphatic rings. The van der Waals surface area contributed by atoms with Gasteiger partial charge < -0.3 is 13.9 Å². The molecule has 0 aromatic carbocycles. The first-order valence-electron chi connectivity index (χ1n) is 5.80. The molecule has 5 nitrogen and oxygen atoms in total. The quantitative estimate of drug-likeness (QED) is 0.748. The van der Waals surface area contributed by atoms with Gasteiger partial charge in [-0.25, -0.2) is 18.6 Å². The van der Waals surface area contributed by atoms with Crippen molar-refractivity contribution in [2.45, 2.75) is 39.2 Å². The molecular weight excluding hydrogens is 260 g/mol. The highest BCUT2D eigenvalue weighted by Crippen LogP contribution is 2.26. The topological polar surface area (TPSA) is 61.6 Å². The van der Waals surface area contributed by atoms with Crippen LogP contribution in [0.15, 0.2) is 4.42 Å². The van der Waals surface area contributed by atoms with Crippen LogP contribution in [0.25, 0.3) is 0 Å². The minimum absolute atomic E-state index is 0.0187. The van der Waals surface area contributed by atoms with Crippen molar-refractivity contribution in [3.8, 4) is 0 Å². The lowest BCUT2D eigenvalue weighted by molar-refractivity contribution is 0.0173. The molecular formula is C12H17F2NO4. The first-order chi connectivity index (χ1) is 8.80. The maximum absolute atomic E-state index is 12.8. The predicted octanol–water partition coefficient (Wildman–Crippen LogP) is 2.76. The van der Waals surface area contributed by atoms with Gasteiger partial charge in [-0.15, -0.1) is 0 Å². The van der Waals surface area contributed by atoms with Crippen LogP contribution in [0, 0.1) is 0 Å². The zero-order chi connectivity index (χ0) is 14.6. The Labute approximate surface area is 109 Å². The van der Waals surface area contributed by atoms with Crippen LogP contribution in [0.4, 0.5) is 8.78 Å². The standard InChI is InChI=1S/C12H17F2NO4/c1-5-18-11(16)9-8(10(13)14)15-7(19-9)6-12(2,3)17-4/h10H,5-6H2,1-4H3. The summed E-state index contributed by atoms with van der Waals surface area (Å²) in [6.07, 6.45) is -2.73. The zero-order valence-corrected chi connectivity index (χ0v) is 11.3. The van der Waals surface area contributed by atoms with Gasteiger partial charge in [-0.05, 0) is 20.8 Å². The smallest absolute Gasteiger partial charge is 0.376 e. The molecule has 1 heterocycles. The Bertz CT molecular complexity index is 443. The maximum Gasteiger partial charge on any atom is 0.376 e. The van der Waals surface area contributed by atoms with Crippen molar-refractivity contribution in [3.05, 3.63) is 17.3 Å². The third kappa shape index (κ3) is 3.99. The van der Waals surface area contributed by atoms with E-state index in [0.29, 0.717) is 0 Å². The highest BCUT2D eigenvalue weighted by atomic mass is 19.3. The average molecular weight is 277 g/mol. The van der Waals surface area contributed by atoms with Crippen LogP contribution in [0.2, 0.25) is 0 Å². The lowest BCUT2D eigenvalue weighted by Gasteiger charge is -2.20. The van der Waals surface area contributed by atoms with E-state index >= 15 is 0 Å². The number of ether oxygens (including phenoxy) is 2. The van der Waals surface area contributed by atoms with Gasteiger partial charge in [-0.1, -0.05) is 0 Å². The molecule has 0 bridgehead atoms. The summed E-state index contributed by atoms with van der Waals surface area (Å²) in [6.45, 7) is 5.15. The highest BCUT2D eigenvalue weighted by molar-refractivity contribution is 5.87. The van der Waals surface area contributed by atoms with Gasteiger partial charge in [0, 0.05) is 7.11 Å². The summed E-state index contributed by atoms with van der Waals surface area (Å²) in [7, 11) is 1.49. The third-order valence-corrected chi connectivity index (χ3v) is 2.49. The van der Waals surface area contributed by atoms with E-state index in [2.05, 4.69) is 9.72 Å². The molecule has 0 atom stereocenters. The van der Waals surface area contributed by atoms with E-state index in [1.165, 1.54) is 7.11 Å².